The number of thiophene rings is 1. The lowest BCUT2D eigenvalue weighted by molar-refractivity contribution is 0.00213. The fourth-order valence-electron chi connectivity index (χ4n) is 2.37. The van der Waals surface area contributed by atoms with Crippen LogP contribution in [0.2, 0.25) is 0 Å². The summed E-state index contributed by atoms with van der Waals surface area (Å²) in [5, 5.41) is 10.9. The zero-order valence-electron chi connectivity index (χ0n) is 11.8. The van der Waals surface area contributed by atoms with Gasteiger partial charge in [0.25, 0.3) is 0 Å². The van der Waals surface area contributed by atoms with Gasteiger partial charge in [-0.2, -0.15) is 0 Å². The lowest BCUT2D eigenvalue weighted by atomic mass is 9.88. The van der Waals surface area contributed by atoms with Gasteiger partial charge in [0, 0.05) is 23.0 Å². The molecule has 23 heavy (non-hydrogen) atoms. The van der Waals surface area contributed by atoms with Crippen LogP contribution in [0.15, 0.2) is 42.8 Å². The van der Waals surface area contributed by atoms with E-state index in [9.17, 15) is 13.5 Å². The fourth-order valence-corrected chi connectivity index (χ4v) is 5.87. The molecule has 1 aliphatic rings. The SMILES string of the molecule is O=S(=O)(NCC1(O)CCOc2ccc(Br)cc21)c1ccc(Br)s1. The average Bonchev–Trinajstić information content (AvgIpc) is 2.94. The Hall–Kier alpha value is -0.450. The van der Waals surface area contributed by atoms with E-state index in [-0.39, 0.29) is 10.8 Å². The highest BCUT2D eigenvalue weighted by Crippen LogP contribution is 2.38. The van der Waals surface area contributed by atoms with Crippen LogP contribution < -0.4 is 9.46 Å². The summed E-state index contributed by atoms with van der Waals surface area (Å²) in [6.07, 6.45) is 0.313. The Morgan fingerprint density at radius 2 is 2.09 bits per heavy atom. The third kappa shape index (κ3) is 3.64. The number of fused-ring (bicyclic) bond motifs is 1. The molecule has 0 saturated carbocycles. The van der Waals surface area contributed by atoms with E-state index in [2.05, 4.69) is 36.6 Å². The van der Waals surface area contributed by atoms with E-state index in [1.807, 2.05) is 6.07 Å². The van der Waals surface area contributed by atoms with Crippen LogP contribution in [0.3, 0.4) is 0 Å². The Morgan fingerprint density at radius 3 is 2.78 bits per heavy atom. The minimum absolute atomic E-state index is 0.113. The van der Waals surface area contributed by atoms with Crippen LogP contribution in [-0.2, 0) is 15.6 Å². The van der Waals surface area contributed by atoms with Crippen molar-refractivity contribution in [1.82, 2.24) is 4.72 Å². The quantitative estimate of drug-likeness (QED) is 0.701. The predicted octanol–water partition coefficient (Wildman–Crippen LogP) is 3.22. The number of benzene rings is 1. The van der Waals surface area contributed by atoms with Crippen LogP contribution in [0.4, 0.5) is 0 Å². The second kappa shape index (κ2) is 6.45. The molecule has 9 heteroatoms. The van der Waals surface area contributed by atoms with Crippen molar-refractivity contribution in [3.05, 3.63) is 44.2 Å². The van der Waals surface area contributed by atoms with E-state index in [0.717, 1.165) is 19.6 Å². The van der Waals surface area contributed by atoms with Gasteiger partial charge in [0.05, 0.1) is 10.4 Å². The molecule has 2 aromatic rings. The van der Waals surface area contributed by atoms with Crippen LogP contribution in [0.1, 0.15) is 12.0 Å². The third-order valence-corrected chi connectivity index (χ3v) is 7.59. The molecule has 0 radical (unpaired) electrons. The highest BCUT2D eigenvalue weighted by atomic mass is 79.9. The minimum Gasteiger partial charge on any atom is -0.493 e. The van der Waals surface area contributed by atoms with Crippen LogP contribution in [0.5, 0.6) is 5.75 Å². The van der Waals surface area contributed by atoms with Crippen molar-refractivity contribution in [1.29, 1.82) is 0 Å². The third-order valence-electron chi connectivity index (χ3n) is 3.58. The smallest absolute Gasteiger partial charge is 0.250 e. The normalized spacial score (nSPS) is 20.8. The molecular weight excluding hydrogens is 470 g/mol. The molecule has 2 N–H and O–H groups in total. The van der Waals surface area contributed by atoms with E-state index in [4.69, 9.17) is 4.74 Å². The Bertz CT molecular complexity index is 837. The van der Waals surface area contributed by atoms with Crippen molar-refractivity contribution in [3.63, 3.8) is 0 Å². The Morgan fingerprint density at radius 1 is 1.30 bits per heavy atom. The zero-order valence-corrected chi connectivity index (χ0v) is 16.6. The van der Waals surface area contributed by atoms with Gasteiger partial charge in [0.2, 0.25) is 10.0 Å². The Kier molecular flexibility index (Phi) is 4.88. The molecule has 1 atom stereocenters. The minimum atomic E-state index is -3.66. The van der Waals surface area contributed by atoms with Crippen LogP contribution in [0, 0.1) is 0 Å². The van der Waals surface area contributed by atoms with Gasteiger partial charge in [-0.3, -0.25) is 0 Å². The van der Waals surface area contributed by atoms with Crippen LogP contribution in [0.25, 0.3) is 0 Å². The first-order chi connectivity index (χ1) is 10.8. The number of hydrogen-bond acceptors (Lipinski definition) is 5. The molecule has 0 fully saturated rings. The maximum absolute atomic E-state index is 12.3. The van der Waals surface area contributed by atoms with Crippen molar-refractivity contribution in [2.45, 2.75) is 16.2 Å². The topological polar surface area (TPSA) is 75.6 Å². The van der Waals surface area contributed by atoms with E-state index in [1.165, 1.54) is 6.07 Å². The highest BCUT2D eigenvalue weighted by Gasteiger charge is 2.37. The first-order valence-electron chi connectivity index (χ1n) is 6.70. The molecule has 0 spiro atoms. The molecule has 2 heterocycles. The van der Waals surface area contributed by atoms with Gasteiger partial charge >= 0.3 is 0 Å². The van der Waals surface area contributed by atoms with E-state index in [1.54, 1.807) is 18.2 Å². The lowest BCUT2D eigenvalue weighted by Gasteiger charge is -2.34. The van der Waals surface area contributed by atoms with E-state index in [0.29, 0.717) is 24.3 Å². The molecule has 1 aliphatic heterocycles. The van der Waals surface area contributed by atoms with Gasteiger partial charge < -0.3 is 9.84 Å². The molecule has 0 bridgehead atoms. The maximum Gasteiger partial charge on any atom is 0.250 e. The molecule has 1 unspecified atom stereocenters. The first-order valence-corrected chi connectivity index (χ1v) is 10.6. The van der Waals surface area contributed by atoms with E-state index < -0.39 is 15.6 Å². The van der Waals surface area contributed by atoms with Gasteiger partial charge in [-0.15, -0.1) is 11.3 Å². The van der Waals surface area contributed by atoms with Crippen LogP contribution >= 0.6 is 43.2 Å². The number of nitrogens with one attached hydrogen (secondary N) is 1. The summed E-state index contributed by atoms with van der Waals surface area (Å²) >= 11 is 7.73. The number of halogens is 2. The van der Waals surface area contributed by atoms with E-state index >= 15 is 0 Å². The lowest BCUT2D eigenvalue weighted by Crippen LogP contribution is -2.43. The summed E-state index contributed by atoms with van der Waals surface area (Å²) < 4.78 is 34.4. The van der Waals surface area contributed by atoms with Gasteiger partial charge in [-0.1, -0.05) is 15.9 Å². The van der Waals surface area contributed by atoms with Crippen molar-refractivity contribution in [3.8, 4) is 5.75 Å². The van der Waals surface area contributed by atoms with Crippen LogP contribution in [-0.4, -0.2) is 26.7 Å². The summed E-state index contributed by atoms with van der Waals surface area (Å²) in [4.78, 5) is 0. The highest BCUT2D eigenvalue weighted by molar-refractivity contribution is 9.11. The fraction of sp³-hybridized carbons (Fsp3) is 0.286. The molecule has 1 aromatic carbocycles. The van der Waals surface area contributed by atoms with Gasteiger partial charge in [0.15, 0.2) is 0 Å². The number of aliphatic hydroxyl groups is 1. The standard InChI is InChI=1S/C14H13Br2NO4S2/c15-9-1-2-11-10(7-9)14(18,5-6-21-11)8-17-23(19,20)13-4-3-12(16)22-13/h1-4,7,17-18H,5-6,8H2. The second-order valence-corrected chi connectivity index (χ2v) is 10.5. The summed E-state index contributed by atoms with van der Waals surface area (Å²) in [5.74, 6) is 0.569. The molecule has 124 valence electrons. The first kappa shape index (κ1) is 17.4. The molecule has 0 aliphatic carbocycles. The van der Waals surface area contributed by atoms with Gasteiger partial charge in [-0.05, 0) is 46.3 Å². The summed E-state index contributed by atoms with van der Waals surface area (Å²) in [7, 11) is -3.66. The number of sulfonamides is 1. The summed E-state index contributed by atoms with van der Waals surface area (Å²) in [6.45, 7) is 0.217. The number of rotatable bonds is 4. The second-order valence-electron chi connectivity index (χ2n) is 5.15. The average molecular weight is 483 g/mol. The largest absolute Gasteiger partial charge is 0.493 e. The monoisotopic (exact) mass is 481 g/mol. The zero-order chi connectivity index (χ0) is 16.7. The van der Waals surface area contributed by atoms with Crippen molar-refractivity contribution in [2.24, 2.45) is 0 Å². The van der Waals surface area contributed by atoms with Crippen molar-refractivity contribution < 1.29 is 18.3 Å². The Balaban J connectivity index is 1.85. The maximum atomic E-state index is 12.3. The molecule has 0 amide bonds. The summed E-state index contributed by atoms with van der Waals surface area (Å²) in [5.41, 5.74) is -0.730. The van der Waals surface area contributed by atoms with Gasteiger partial charge in [-0.25, -0.2) is 13.1 Å². The molecular formula is C14H13Br2NO4S2. The Labute approximate surface area is 155 Å². The molecule has 3 rings (SSSR count). The molecule has 0 saturated heterocycles. The van der Waals surface area contributed by atoms with Crippen molar-refractivity contribution >= 4 is 53.2 Å². The summed E-state index contributed by atoms with van der Waals surface area (Å²) in [6, 6.07) is 8.53. The molecule has 1 aromatic heterocycles. The predicted molar refractivity (Wildman–Crippen MR) is 95.4 cm³/mol. The number of hydrogen-bond donors (Lipinski definition) is 2. The number of ether oxygens (including phenoxy) is 1. The van der Waals surface area contributed by atoms with Crippen molar-refractivity contribution in [2.75, 3.05) is 13.2 Å². The van der Waals surface area contributed by atoms with Gasteiger partial charge in [0.1, 0.15) is 15.6 Å². The molecule has 5 nitrogen and oxygen atoms in total.